The molecule has 0 spiro atoms. The van der Waals surface area contributed by atoms with Crippen molar-refractivity contribution in [2.45, 2.75) is 18.3 Å². The first-order chi connectivity index (χ1) is 15.7. The topological polar surface area (TPSA) is 197 Å². The Hall–Kier alpha value is -3.85. The zero-order chi connectivity index (χ0) is 24.1. The predicted molar refractivity (Wildman–Crippen MR) is 107 cm³/mol. The summed E-state index contributed by atoms with van der Waals surface area (Å²) >= 11 is 1.18. The van der Waals surface area contributed by atoms with Crippen LogP contribution in [0.15, 0.2) is 39.2 Å². The van der Waals surface area contributed by atoms with Gasteiger partial charge in [0.1, 0.15) is 23.7 Å². The number of furan rings is 1. The van der Waals surface area contributed by atoms with Gasteiger partial charge in [0.2, 0.25) is 5.71 Å². The van der Waals surface area contributed by atoms with Crippen molar-refractivity contribution < 1.29 is 48.3 Å². The van der Waals surface area contributed by atoms with E-state index in [4.69, 9.17) is 19.2 Å². The van der Waals surface area contributed by atoms with Crippen LogP contribution in [0.5, 0.6) is 0 Å². The van der Waals surface area contributed by atoms with Crippen molar-refractivity contribution in [3.63, 3.8) is 0 Å². The highest BCUT2D eigenvalue weighted by Gasteiger charge is 2.54. The molecular formula is C18H18N4O10S. The first kappa shape index (κ1) is 23.8. The van der Waals surface area contributed by atoms with Gasteiger partial charge >= 0.3 is 11.9 Å². The van der Waals surface area contributed by atoms with Crippen molar-refractivity contribution in [3.8, 4) is 0 Å². The van der Waals surface area contributed by atoms with Gasteiger partial charge in [-0.15, -0.1) is 11.8 Å². The minimum Gasteiger partial charge on any atom is -0.477 e. The number of hydrogen-bond donors (Lipinski definition) is 4. The number of carboxylic acid groups (broad SMARTS) is 1. The maximum Gasteiger partial charge on any atom is 0.352 e. The highest BCUT2D eigenvalue weighted by molar-refractivity contribution is 8.00. The molecule has 3 heterocycles. The third-order valence-corrected chi connectivity index (χ3v) is 5.77. The third-order valence-electron chi connectivity index (χ3n) is 4.43. The van der Waals surface area contributed by atoms with Gasteiger partial charge in [-0.2, -0.15) is 0 Å². The summed E-state index contributed by atoms with van der Waals surface area (Å²) in [5, 5.41) is 23.3. The van der Waals surface area contributed by atoms with Gasteiger partial charge in [0.05, 0.1) is 6.26 Å². The van der Waals surface area contributed by atoms with E-state index in [2.05, 4.69) is 10.5 Å². The lowest BCUT2D eigenvalue weighted by Crippen LogP contribution is -2.71. The summed E-state index contributed by atoms with van der Waals surface area (Å²) in [4.78, 5) is 65.1. The molecule has 0 saturated carbocycles. The largest absolute Gasteiger partial charge is 0.477 e. The predicted octanol–water partition coefficient (Wildman–Crippen LogP) is -1.19. The Bertz CT molecular complexity index is 1040. The molecule has 176 valence electrons. The molecular weight excluding hydrogens is 464 g/mol. The van der Waals surface area contributed by atoms with Crippen molar-refractivity contribution in [1.82, 2.24) is 15.7 Å². The number of amides is 3. The van der Waals surface area contributed by atoms with E-state index in [1.165, 1.54) is 42.6 Å². The molecule has 0 aromatic carbocycles. The van der Waals surface area contributed by atoms with Crippen LogP contribution in [0.4, 0.5) is 0 Å². The number of hydrogen-bond acceptors (Lipinski definition) is 11. The fourth-order valence-electron chi connectivity index (χ4n) is 2.99. The molecule has 0 unspecified atom stereocenters. The van der Waals surface area contributed by atoms with Gasteiger partial charge in [-0.05, 0) is 12.1 Å². The molecule has 2 aliphatic rings. The second kappa shape index (κ2) is 10.2. The average molecular weight is 482 g/mol. The van der Waals surface area contributed by atoms with Gasteiger partial charge in [0.15, 0.2) is 12.4 Å². The van der Waals surface area contributed by atoms with E-state index < -0.39 is 47.7 Å². The van der Waals surface area contributed by atoms with E-state index in [0.29, 0.717) is 0 Å². The monoisotopic (exact) mass is 482 g/mol. The molecule has 3 rings (SSSR count). The number of carbonyl (C=O) groups is 5. The summed E-state index contributed by atoms with van der Waals surface area (Å²) in [5.41, 5.74) is 0.903. The Labute approximate surface area is 189 Å². The number of fused-ring (bicyclic) bond motifs is 1. The van der Waals surface area contributed by atoms with Crippen LogP contribution in [-0.2, 0) is 33.5 Å². The summed E-state index contributed by atoms with van der Waals surface area (Å²) in [6.07, 6.45) is 1.26. The van der Waals surface area contributed by atoms with E-state index in [0.717, 1.165) is 4.90 Å². The lowest BCUT2D eigenvalue weighted by Gasteiger charge is -2.49. The molecule has 2 aliphatic heterocycles. The van der Waals surface area contributed by atoms with E-state index in [1.54, 1.807) is 0 Å². The molecule has 2 atom stereocenters. The summed E-state index contributed by atoms with van der Waals surface area (Å²) in [5.74, 6) is -4.30. The summed E-state index contributed by atoms with van der Waals surface area (Å²) in [6, 6.07) is 1.79. The molecule has 0 bridgehead atoms. The van der Waals surface area contributed by atoms with Crippen LogP contribution in [0.1, 0.15) is 12.7 Å². The number of rotatable bonds is 9. The average Bonchev–Trinajstić information content (AvgIpc) is 3.32. The molecule has 1 aromatic rings. The fourth-order valence-corrected chi connectivity index (χ4v) is 4.32. The van der Waals surface area contributed by atoms with Crippen molar-refractivity contribution in [1.29, 1.82) is 0 Å². The number of ether oxygens (including phenoxy) is 1. The number of thioether (sulfide) groups is 1. The number of hydroxylamine groups is 1. The molecule has 15 heteroatoms. The van der Waals surface area contributed by atoms with Gasteiger partial charge in [-0.3, -0.25) is 29.3 Å². The number of carboxylic acids is 1. The maximum absolute atomic E-state index is 12.8. The number of aliphatic carboxylic acids is 1. The Morgan fingerprint density at radius 3 is 2.73 bits per heavy atom. The van der Waals surface area contributed by atoms with Crippen LogP contribution in [0.2, 0.25) is 0 Å². The van der Waals surface area contributed by atoms with E-state index in [-0.39, 0.29) is 35.1 Å². The van der Waals surface area contributed by atoms with Crippen molar-refractivity contribution in [2.24, 2.45) is 5.16 Å². The SMILES string of the molecule is CC(=O)OCC1=C(C(=O)O)N2C(=O)[C@@H](NC(=O)C(=NOCC(=O)NO)c3ccco3)[C@H]2SC1. The molecule has 0 radical (unpaired) electrons. The van der Waals surface area contributed by atoms with Crippen molar-refractivity contribution >= 4 is 47.1 Å². The molecule has 14 nitrogen and oxygen atoms in total. The highest BCUT2D eigenvalue weighted by Crippen LogP contribution is 2.40. The van der Waals surface area contributed by atoms with E-state index in [9.17, 15) is 29.1 Å². The van der Waals surface area contributed by atoms with E-state index >= 15 is 0 Å². The molecule has 3 amide bonds. The molecule has 1 aromatic heterocycles. The quantitative estimate of drug-likeness (QED) is 0.108. The van der Waals surface area contributed by atoms with Gasteiger partial charge in [-0.25, -0.2) is 10.3 Å². The minimum absolute atomic E-state index is 0.0216. The van der Waals surface area contributed by atoms with Crippen LogP contribution in [-0.4, -0.2) is 81.0 Å². The Kier molecular flexibility index (Phi) is 7.34. The van der Waals surface area contributed by atoms with Crippen LogP contribution in [0, 0.1) is 0 Å². The lowest BCUT2D eigenvalue weighted by molar-refractivity contribution is -0.150. The minimum atomic E-state index is -1.37. The zero-order valence-electron chi connectivity index (χ0n) is 17.0. The first-order valence-electron chi connectivity index (χ1n) is 9.25. The smallest absolute Gasteiger partial charge is 0.352 e. The number of β-lactam (4-membered cyclic amide) rings is 1. The number of nitrogens with one attached hydrogen (secondary N) is 2. The van der Waals surface area contributed by atoms with Gasteiger partial charge in [-0.1, -0.05) is 5.16 Å². The van der Waals surface area contributed by atoms with Crippen molar-refractivity contribution in [2.75, 3.05) is 19.0 Å². The van der Waals surface area contributed by atoms with Crippen molar-refractivity contribution in [3.05, 3.63) is 35.4 Å². The number of esters is 1. The molecule has 33 heavy (non-hydrogen) atoms. The Morgan fingerprint density at radius 2 is 2.12 bits per heavy atom. The van der Waals surface area contributed by atoms with Gasteiger partial charge < -0.3 is 24.4 Å². The van der Waals surface area contributed by atoms with Crippen LogP contribution in [0.25, 0.3) is 0 Å². The molecule has 4 N–H and O–H groups in total. The second-order valence-electron chi connectivity index (χ2n) is 6.62. The first-order valence-corrected chi connectivity index (χ1v) is 10.3. The zero-order valence-corrected chi connectivity index (χ0v) is 17.8. The normalized spacial score (nSPS) is 19.9. The molecule has 1 fully saturated rings. The molecule has 1 saturated heterocycles. The Morgan fingerprint density at radius 1 is 1.36 bits per heavy atom. The maximum atomic E-state index is 12.8. The van der Waals surface area contributed by atoms with Crippen LogP contribution in [0.3, 0.4) is 0 Å². The number of oxime groups is 1. The molecule has 0 aliphatic carbocycles. The summed E-state index contributed by atoms with van der Waals surface area (Å²) < 4.78 is 9.99. The summed E-state index contributed by atoms with van der Waals surface area (Å²) in [6.45, 7) is 0.213. The Balaban J connectivity index is 1.75. The van der Waals surface area contributed by atoms with Gasteiger partial charge in [0.25, 0.3) is 17.7 Å². The highest BCUT2D eigenvalue weighted by atomic mass is 32.2. The van der Waals surface area contributed by atoms with Gasteiger partial charge in [0, 0.05) is 18.2 Å². The fraction of sp³-hybridized carbons (Fsp3) is 0.333. The second-order valence-corrected chi connectivity index (χ2v) is 7.73. The lowest BCUT2D eigenvalue weighted by atomic mass is 10.0. The number of nitrogens with zero attached hydrogens (tertiary/aromatic N) is 2. The van der Waals surface area contributed by atoms with E-state index in [1.807, 2.05) is 0 Å². The standard InChI is InChI=1S/C18H18N4O10S/c1-8(23)31-5-9-7-33-17-13(16(26)22(17)14(9)18(27)28)19-15(25)12(10-3-2-4-30-10)21-32-6-11(24)20-29/h2-4,13,17,29H,5-7H2,1H3,(H,19,25)(H,20,24)(H,27,28)/t13-,17-/m1/s1. The van der Waals surface area contributed by atoms with Crippen LogP contribution < -0.4 is 10.8 Å². The summed E-state index contributed by atoms with van der Waals surface area (Å²) in [7, 11) is 0. The van der Waals surface area contributed by atoms with Crippen LogP contribution >= 0.6 is 11.8 Å². The number of carbonyl (C=O) groups excluding carboxylic acids is 4. The third kappa shape index (κ3) is 5.15.